The maximum absolute atomic E-state index is 11.5. The van der Waals surface area contributed by atoms with E-state index >= 15 is 0 Å². The summed E-state index contributed by atoms with van der Waals surface area (Å²) in [6.07, 6.45) is 1.87. The van der Waals surface area contributed by atoms with Gasteiger partial charge in [-0.15, -0.1) is 0 Å². The molecule has 2 aromatic rings. The first-order valence-electron chi connectivity index (χ1n) is 7.48. The lowest BCUT2D eigenvalue weighted by Gasteiger charge is -2.30. The van der Waals surface area contributed by atoms with Crippen molar-refractivity contribution in [2.45, 2.75) is 18.9 Å². The average molecular weight is 397 g/mol. The van der Waals surface area contributed by atoms with Crippen LogP contribution in [-0.4, -0.2) is 53.0 Å². The Labute approximate surface area is 146 Å². The van der Waals surface area contributed by atoms with Crippen LogP contribution in [0.1, 0.15) is 33.9 Å². The lowest BCUT2D eigenvalue weighted by atomic mass is 10.1. The number of amides is 1. The molecular weight excluding hydrogens is 380 g/mol. The second-order valence-electron chi connectivity index (χ2n) is 5.87. The Balaban J connectivity index is 2.03. The van der Waals surface area contributed by atoms with Gasteiger partial charge in [0.15, 0.2) is 17.0 Å². The molecule has 0 aromatic carbocycles. The van der Waals surface area contributed by atoms with E-state index in [2.05, 4.69) is 38.2 Å². The first-order chi connectivity index (χ1) is 11.4. The minimum atomic E-state index is -1.23. The van der Waals surface area contributed by atoms with Crippen molar-refractivity contribution in [3.63, 3.8) is 0 Å². The van der Waals surface area contributed by atoms with Gasteiger partial charge in [0.2, 0.25) is 0 Å². The normalized spacial score (nSPS) is 16.4. The first-order valence-corrected chi connectivity index (χ1v) is 8.27. The summed E-state index contributed by atoms with van der Waals surface area (Å²) in [6.45, 7) is 1.92. The van der Waals surface area contributed by atoms with E-state index in [4.69, 9.17) is 10.2 Å². The number of anilines is 1. The molecule has 0 bridgehead atoms. The Hall–Kier alpha value is -2.13. The quantitative estimate of drug-likeness (QED) is 0.720. The number of nitrogens with two attached hydrogens (primary N) is 1. The van der Waals surface area contributed by atoms with Crippen LogP contribution in [0.2, 0.25) is 0 Å². The number of fused-ring (bicyclic) bond motifs is 1. The number of carboxylic acids is 1. The highest BCUT2D eigenvalue weighted by atomic mass is 79.9. The van der Waals surface area contributed by atoms with Gasteiger partial charge in [0.05, 0.1) is 4.47 Å². The first kappa shape index (κ1) is 16.7. The van der Waals surface area contributed by atoms with Crippen molar-refractivity contribution in [2.24, 2.45) is 5.73 Å². The molecule has 0 spiro atoms. The highest BCUT2D eigenvalue weighted by Crippen LogP contribution is 2.35. The molecule has 1 fully saturated rings. The molecule has 2 aromatic heterocycles. The number of nitrogens with one attached hydrogen (secondary N) is 1. The van der Waals surface area contributed by atoms with Gasteiger partial charge >= 0.3 is 5.97 Å². The highest BCUT2D eigenvalue weighted by Gasteiger charge is 2.24. The van der Waals surface area contributed by atoms with E-state index in [-0.39, 0.29) is 23.1 Å². The summed E-state index contributed by atoms with van der Waals surface area (Å²) in [4.78, 5) is 29.2. The fraction of sp³-hybridized carbons (Fsp3) is 0.400. The predicted octanol–water partition coefficient (Wildman–Crippen LogP) is 1.89. The van der Waals surface area contributed by atoms with Crippen LogP contribution in [0, 0.1) is 0 Å². The van der Waals surface area contributed by atoms with Crippen molar-refractivity contribution in [1.29, 1.82) is 0 Å². The molecule has 3 rings (SSSR count). The summed E-state index contributed by atoms with van der Waals surface area (Å²) < 4.78 is 5.83. The molecule has 0 radical (unpaired) electrons. The van der Waals surface area contributed by atoms with Crippen molar-refractivity contribution in [2.75, 3.05) is 25.5 Å². The molecule has 0 unspecified atom stereocenters. The zero-order valence-corrected chi connectivity index (χ0v) is 14.6. The van der Waals surface area contributed by atoms with E-state index in [1.807, 2.05) is 0 Å². The van der Waals surface area contributed by atoms with E-state index in [1.165, 1.54) is 6.07 Å². The zero-order chi connectivity index (χ0) is 17.4. The fourth-order valence-corrected chi connectivity index (χ4v) is 3.28. The molecule has 0 aliphatic carbocycles. The maximum atomic E-state index is 11.5. The van der Waals surface area contributed by atoms with Crippen LogP contribution < -0.4 is 11.1 Å². The maximum Gasteiger partial charge on any atom is 0.358 e. The van der Waals surface area contributed by atoms with Crippen LogP contribution in [0.5, 0.6) is 0 Å². The minimum Gasteiger partial charge on any atom is -0.476 e. The fourth-order valence-electron chi connectivity index (χ4n) is 2.78. The number of piperidine rings is 1. The summed E-state index contributed by atoms with van der Waals surface area (Å²) in [5, 5.41) is 13.1. The number of nitrogens with zero attached hydrogens (tertiary/aromatic N) is 2. The Kier molecular flexibility index (Phi) is 4.46. The summed E-state index contributed by atoms with van der Waals surface area (Å²) in [7, 11) is 2.07. The van der Waals surface area contributed by atoms with Gasteiger partial charge in [0, 0.05) is 11.4 Å². The van der Waals surface area contributed by atoms with Crippen LogP contribution in [0.25, 0.3) is 11.0 Å². The Morgan fingerprint density at radius 1 is 1.46 bits per heavy atom. The second kappa shape index (κ2) is 6.40. The molecule has 24 heavy (non-hydrogen) atoms. The van der Waals surface area contributed by atoms with Gasteiger partial charge in [-0.25, -0.2) is 9.78 Å². The molecule has 8 nitrogen and oxygen atoms in total. The molecule has 1 amide bonds. The summed E-state index contributed by atoms with van der Waals surface area (Å²) in [5.74, 6) is -1.68. The zero-order valence-electron chi connectivity index (χ0n) is 13.0. The average Bonchev–Trinajstić information content (AvgIpc) is 2.97. The topological polar surface area (TPSA) is 122 Å². The molecular formula is C15H17BrN4O4. The van der Waals surface area contributed by atoms with Gasteiger partial charge in [-0.1, -0.05) is 0 Å². The summed E-state index contributed by atoms with van der Waals surface area (Å²) >= 11 is 3.43. The third-order valence-corrected chi connectivity index (χ3v) is 4.92. The lowest BCUT2D eigenvalue weighted by molar-refractivity contribution is 0.0690. The van der Waals surface area contributed by atoms with Crippen LogP contribution >= 0.6 is 15.9 Å². The van der Waals surface area contributed by atoms with Crippen molar-refractivity contribution < 1.29 is 19.1 Å². The van der Waals surface area contributed by atoms with Gasteiger partial charge < -0.3 is 25.5 Å². The Morgan fingerprint density at radius 2 is 2.12 bits per heavy atom. The molecule has 0 atom stereocenters. The van der Waals surface area contributed by atoms with Crippen molar-refractivity contribution in [3.8, 4) is 0 Å². The second-order valence-corrected chi connectivity index (χ2v) is 6.66. The van der Waals surface area contributed by atoms with E-state index in [0.717, 1.165) is 25.9 Å². The standard InChI is InChI=1S/C15H17BrN4O4/c1-20-4-2-7(3-5-20)18-14-10(16)8-6-9(13(17)21)24-12(8)11(19-14)15(22)23/h6-7H,2-5H2,1H3,(H2,17,21)(H,18,19)(H,22,23). The molecule has 0 saturated carbocycles. The number of halogens is 1. The highest BCUT2D eigenvalue weighted by molar-refractivity contribution is 9.10. The van der Waals surface area contributed by atoms with Crippen molar-refractivity contribution in [1.82, 2.24) is 9.88 Å². The van der Waals surface area contributed by atoms with E-state index < -0.39 is 11.9 Å². The van der Waals surface area contributed by atoms with Gasteiger partial charge in [-0.05, 0) is 55.0 Å². The number of aromatic nitrogens is 1. The molecule has 3 heterocycles. The number of likely N-dealkylation sites (tertiary alicyclic amines) is 1. The van der Waals surface area contributed by atoms with Crippen LogP contribution in [0.3, 0.4) is 0 Å². The molecule has 1 aliphatic rings. The number of carboxylic acid groups (broad SMARTS) is 1. The number of hydrogen-bond acceptors (Lipinski definition) is 6. The number of furan rings is 1. The van der Waals surface area contributed by atoms with Gasteiger partial charge in [-0.2, -0.15) is 0 Å². The third-order valence-electron chi connectivity index (χ3n) is 4.12. The largest absolute Gasteiger partial charge is 0.476 e. The van der Waals surface area contributed by atoms with Crippen molar-refractivity contribution in [3.05, 3.63) is 22.0 Å². The number of pyridine rings is 1. The third kappa shape index (κ3) is 3.09. The molecule has 9 heteroatoms. The van der Waals surface area contributed by atoms with E-state index in [0.29, 0.717) is 15.7 Å². The van der Waals surface area contributed by atoms with Crippen LogP contribution in [0.15, 0.2) is 15.0 Å². The molecule has 1 aliphatic heterocycles. The van der Waals surface area contributed by atoms with Gasteiger partial charge in [-0.3, -0.25) is 4.79 Å². The Morgan fingerprint density at radius 3 is 2.71 bits per heavy atom. The van der Waals surface area contributed by atoms with Crippen molar-refractivity contribution >= 4 is 44.6 Å². The van der Waals surface area contributed by atoms with Crippen LogP contribution in [-0.2, 0) is 0 Å². The number of rotatable bonds is 4. The lowest BCUT2D eigenvalue weighted by Crippen LogP contribution is -2.37. The summed E-state index contributed by atoms with van der Waals surface area (Å²) in [6, 6.07) is 1.63. The number of primary amides is 1. The molecule has 1 saturated heterocycles. The molecule has 4 N–H and O–H groups in total. The van der Waals surface area contributed by atoms with E-state index in [9.17, 15) is 14.7 Å². The smallest absolute Gasteiger partial charge is 0.358 e. The molecule has 128 valence electrons. The number of carbonyl (C=O) groups is 2. The number of carbonyl (C=O) groups excluding carboxylic acids is 1. The minimum absolute atomic E-state index is 0.0251. The number of hydrogen-bond donors (Lipinski definition) is 3. The predicted molar refractivity (Wildman–Crippen MR) is 91.3 cm³/mol. The number of aromatic carboxylic acids is 1. The summed E-state index contributed by atoms with van der Waals surface area (Å²) in [5.41, 5.74) is 4.99. The monoisotopic (exact) mass is 396 g/mol. The Bertz CT molecular complexity index is 811. The van der Waals surface area contributed by atoms with E-state index in [1.54, 1.807) is 0 Å². The SMILES string of the molecule is CN1CCC(Nc2nc(C(=O)O)c3oc(C(N)=O)cc3c2Br)CC1. The van der Waals surface area contributed by atoms with Crippen LogP contribution in [0.4, 0.5) is 5.82 Å². The van der Waals surface area contributed by atoms with Gasteiger partial charge in [0.1, 0.15) is 5.82 Å². The van der Waals surface area contributed by atoms with Gasteiger partial charge in [0.25, 0.3) is 5.91 Å².